The molecule has 1 aromatic carbocycles. The zero-order chi connectivity index (χ0) is 13.3. The van der Waals surface area contributed by atoms with Crippen LogP contribution in [0.15, 0.2) is 22.7 Å². The predicted molar refractivity (Wildman–Crippen MR) is 78.1 cm³/mol. The lowest BCUT2D eigenvalue weighted by Crippen LogP contribution is -2.13. The number of carbonyl (C=O) groups excluding carboxylic acids is 1. The largest absolute Gasteiger partial charge is 0.361 e. The summed E-state index contributed by atoms with van der Waals surface area (Å²) < 4.78 is 5.97. The molecule has 1 aromatic heterocycles. The molecule has 0 fully saturated rings. The van der Waals surface area contributed by atoms with Crippen LogP contribution in [-0.2, 0) is 0 Å². The maximum Gasteiger partial charge on any atom is 0.261 e. The lowest BCUT2D eigenvalue weighted by molar-refractivity contribution is 0.102. The fraction of sp³-hybridized carbons (Fsp3) is 0.167. The summed E-state index contributed by atoms with van der Waals surface area (Å²) >= 11 is 8.21. The summed E-state index contributed by atoms with van der Waals surface area (Å²) in [5, 5.41) is 6.99. The first kappa shape index (κ1) is 13.4. The van der Waals surface area contributed by atoms with E-state index in [0.717, 1.165) is 3.57 Å². The number of benzene rings is 1. The number of nitrogens with one attached hydrogen (secondary N) is 1. The smallest absolute Gasteiger partial charge is 0.261 e. The summed E-state index contributed by atoms with van der Waals surface area (Å²) in [7, 11) is 0. The fourth-order valence-electron chi connectivity index (χ4n) is 1.58. The van der Waals surface area contributed by atoms with E-state index in [1.54, 1.807) is 26.0 Å². The zero-order valence-corrected chi connectivity index (χ0v) is 12.7. The summed E-state index contributed by atoms with van der Waals surface area (Å²) in [6.07, 6.45) is 0. The van der Waals surface area contributed by atoms with Crippen molar-refractivity contribution in [3.63, 3.8) is 0 Å². The number of aromatic nitrogens is 1. The van der Waals surface area contributed by atoms with Gasteiger partial charge in [-0.3, -0.25) is 4.79 Å². The average molecular weight is 377 g/mol. The first-order valence-electron chi connectivity index (χ1n) is 5.18. The number of hydrogen-bond acceptors (Lipinski definition) is 3. The molecule has 2 rings (SSSR count). The Morgan fingerprint density at radius 2 is 2.17 bits per heavy atom. The molecule has 2 aromatic rings. The van der Waals surface area contributed by atoms with Crippen LogP contribution in [0.3, 0.4) is 0 Å². The van der Waals surface area contributed by atoms with Crippen LogP contribution < -0.4 is 5.32 Å². The summed E-state index contributed by atoms with van der Waals surface area (Å²) in [4.78, 5) is 12.1. The van der Waals surface area contributed by atoms with Crippen molar-refractivity contribution in [2.45, 2.75) is 13.8 Å². The van der Waals surface area contributed by atoms with Crippen molar-refractivity contribution in [2.75, 3.05) is 5.32 Å². The highest BCUT2D eigenvalue weighted by Gasteiger charge is 2.18. The van der Waals surface area contributed by atoms with Gasteiger partial charge in [-0.2, -0.15) is 0 Å². The van der Waals surface area contributed by atoms with E-state index in [1.165, 1.54) is 0 Å². The SMILES string of the molecule is Cc1noc(C)c1C(=O)Nc1ccc(I)cc1Cl. The van der Waals surface area contributed by atoms with Gasteiger partial charge in [-0.1, -0.05) is 16.8 Å². The van der Waals surface area contributed by atoms with Gasteiger partial charge < -0.3 is 9.84 Å². The van der Waals surface area contributed by atoms with Gasteiger partial charge in [0, 0.05) is 3.57 Å². The Bertz CT molecular complexity index is 591. The first-order valence-corrected chi connectivity index (χ1v) is 6.64. The van der Waals surface area contributed by atoms with Crippen LogP contribution in [0.5, 0.6) is 0 Å². The minimum Gasteiger partial charge on any atom is -0.361 e. The highest BCUT2D eigenvalue weighted by Crippen LogP contribution is 2.25. The molecule has 0 atom stereocenters. The van der Waals surface area contributed by atoms with Crippen molar-refractivity contribution in [3.8, 4) is 0 Å². The molecule has 1 N–H and O–H groups in total. The van der Waals surface area contributed by atoms with Crippen LogP contribution in [0.1, 0.15) is 21.8 Å². The second-order valence-electron chi connectivity index (χ2n) is 3.78. The number of carbonyl (C=O) groups is 1. The molecule has 0 unspecified atom stereocenters. The standard InChI is InChI=1S/C12H10ClIN2O2/c1-6-11(7(2)18-16-6)12(17)15-10-4-3-8(14)5-9(10)13/h3-5H,1-2H3,(H,15,17). The number of rotatable bonds is 2. The molecule has 1 heterocycles. The maximum absolute atomic E-state index is 12.1. The van der Waals surface area contributed by atoms with E-state index in [-0.39, 0.29) is 5.91 Å². The van der Waals surface area contributed by atoms with Crippen molar-refractivity contribution in [1.82, 2.24) is 5.16 Å². The summed E-state index contributed by atoms with van der Waals surface area (Å²) in [6, 6.07) is 5.42. The summed E-state index contributed by atoms with van der Waals surface area (Å²) in [5.41, 5.74) is 1.58. The molecule has 1 amide bonds. The first-order chi connectivity index (χ1) is 8.49. The summed E-state index contributed by atoms with van der Waals surface area (Å²) in [6.45, 7) is 3.42. The molecule has 0 saturated heterocycles. The Morgan fingerprint density at radius 1 is 1.44 bits per heavy atom. The molecular formula is C12H10ClIN2O2. The molecule has 0 bridgehead atoms. The van der Waals surface area contributed by atoms with E-state index in [1.807, 2.05) is 6.07 Å². The van der Waals surface area contributed by atoms with E-state index in [0.29, 0.717) is 27.7 Å². The van der Waals surface area contributed by atoms with Gasteiger partial charge in [-0.15, -0.1) is 0 Å². The van der Waals surface area contributed by atoms with Crippen molar-refractivity contribution in [1.29, 1.82) is 0 Å². The number of amides is 1. The molecule has 18 heavy (non-hydrogen) atoms. The third kappa shape index (κ3) is 2.67. The van der Waals surface area contributed by atoms with E-state index < -0.39 is 0 Å². The second kappa shape index (κ2) is 5.27. The number of nitrogens with zero attached hydrogens (tertiary/aromatic N) is 1. The Morgan fingerprint density at radius 3 is 2.72 bits per heavy atom. The quantitative estimate of drug-likeness (QED) is 0.811. The molecule has 94 valence electrons. The van der Waals surface area contributed by atoms with E-state index in [4.69, 9.17) is 16.1 Å². The fourth-order valence-corrected chi connectivity index (χ4v) is 2.49. The van der Waals surface area contributed by atoms with Crippen molar-refractivity contribution >= 4 is 45.8 Å². The molecule has 6 heteroatoms. The zero-order valence-electron chi connectivity index (χ0n) is 9.75. The van der Waals surface area contributed by atoms with Crippen molar-refractivity contribution in [2.24, 2.45) is 0 Å². The molecular weight excluding hydrogens is 367 g/mol. The molecule has 0 saturated carbocycles. The lowest BCUT2D eigenvalue weighted by Gasteiger charge is -2.07. The van der Waals surface area contributed by atoms with Gasteiger partial charge in [-0.05, 0) is 54.6 Å². The van der Waals surface area contributed by atoms with Crippen LogP contribution in [0.25, 0.3) is 0 Å². The van der Waals surface area contributed by atoms with Crippen LogP contribution in [0.4, 0.5) is 5.69 Å². The van der Waals surface area contributed by atoms with E-state index in [9.17, 15) is 4.79 Å². The monoisotopic (exact) mass is 376 g/mol. The number of halogens is 2. The van der Waals surface area contributed by atoms with E-state index >= 15 is 0 Å². The second-order valence-corrected chi connectivity index (χ2v) is 5.43. The highest BCUT2D eigenvalue weighted by molar-refractivity contribution is 14.1. The molecule has 0 aliphatic rings. The summed E-state index contributed by atoms with van der Waals surface area (Å²) in [5.74, 6) is 0.223. The molecule has 4 nitrogen and oxygen atoms in total. The van der Waals surface area contributed by atoms with Gasteiger partial charge in [-0.25, -0.2) is 0 Å². The Kier molecular flexibility index (Phi) is 3.91. The van der Waals surface area contributed by atoms with Crippen LogP contribution in [0.2, 0.25) is 5.02 Å². The minimum atomic E-state index is -0.269. The minimum absolute atomic E-state index is 0.269. The Balaban J connectivity index is 2.27. The predicted octanol–water partition coefficient (Wildman–Crippen LogP) is 3.80. The molecule has 0 aliphatic carbocycles. The van der Waals surface area contributed by atoms with Crippen LogP contribution >= 0.6 is 34.2 Å². The number of hydrogen-bond donors (Lipinski definition) is 1. The van der Waals surface area contributed by atoms with E-state index in [2.05, 4.69) is 33.1 Å². The Labute approximate surface area is 123 Å². The van der Waals surface area contributed by atoms with Crippen molar-refractivity contribution < 1.29 is 9.32 Å². The van der Waals surface area contributed by atoms with Gasteiger partial charge in [0.15, 0.2) is 0 Å². The van der Waals surface area contributed by atoms with Crippen LogP contribution in [-0.4, -0.2) is 11.1 Å². The van der Waals surface area contributed by atoms with Gasteiger partial charge >= 0.3 is 0 Å². The molecule has 0 aliphatic heterocycles. The number of aryl methyl sites for hydroxylation is 2. The third-order valence-corrected chi connectivity index (χ3v) is 3.42. The van der Waals surface area contributed by atoms with Gasteiger partial charge in [0.1, 0.15) is 11.3 Å². The van der Waals surface area contributed by atoms with Crippen molar-refractivity contribution in [3.05, 3.63) is 43.8 Å². The highest BCUT2D eigenvalue weighted by atomic mass is 127. The van der Waals surface area contributed by atoms with Crippen LogP contribution in [0, 0.1) is 17.4 Å². The maximum atomic E-state index is 12.1. The van der Waals surface area contributed by atoms with Gasteiger partial charge in [0.2, 0.25) is 0 Å². The normalized spacial score (nSPS) is 10.4. The average Bonchev–Trinajstić information content (AvgIpc) is 2.62. The molecule has 0 spiro atoms. The van der Waals surface area contributed by atoms with Gasteiger partial charge in [0.05, 0.1) is 16.4 Å². The Hall–Kier alpha value is -1.08. The van der Waals surface area contributed by atoms with Gasteiger partial charge in [0.25, 0.3) is 5.91 Å². The third-order valence-electron chi connectivity index (χ3n) is 2.44. The topological polar surface area (TPSA) is 55.1 Å². The number of anilines is 1. The lowest BCUT2D eigenvalue weighted by atomic mass is 10.2. The molecule has 0 radical (unpaired) electrons.